The van der Waals surface area contributed by atoms with Crippen LogP contribution in [0.5, 0.6) is 5.75 Å². The Kier molecular flexibility index (Phi) is 13.5. The van der Waals surface area contributed by atoms with E-state index in [4.69, 9.17) is 20.4 Å². The van der Waals surface area contributed by atoms with Crippen LogP contribution in [0.4, 0.5) is 0 Å². The SMILES string of the molecule is CC(C)(O)c1ccccn1.O=C(O)Cc1ccccn1.O=C(O)c1ccccn1.O=C(O)c1ncccc1O. The van der Waals surface area contributed by atoms with Crippen LogP contribution in [0.15, 0.2) is 91.5 Å². The minimum atomic E-state index is -1.22. The van der Waals surface area contributed by atoms with Gasteiger partial charge in [0.25, 0.3) is 0 Å². The molecule has 0 amide bonds. The number of aliphatic carboxylic acids is 1. The molecule has 4 aromatic rings. The molecule has 0 unspecified atom stereocenters. The number of pyridine rings is 4. The van der Waals surface area contributed by atoms with Crippen molar-refractivity contribution in [2.75, 3.05) is 0 Å². The van der Waals surface area contributed by atoms with E-state index in [9.17, 15) is 19.5 Å². The Hall–Kier alpha value is -5.23. The van der Waals surface area contributed by atoms with Gasteiger partial charge in [0.05, 0.1) is 17.8 Å². The van der Waals surface area contributed by atoms with Gasteiger partial charge in [0, 0.05) is 24.8 Å². The summed E-state index contributed by atoms with van der Waals surface area (Å²) in [5.41, 5.74) is 0.242. The fourth-order valence-corrected chi connectivity index (χ4v) is 2.43. The van der Waals surface area contributed by atoms with E-state index < -0.39 is 23.5 Å². The molecule has 12 nitrogen and oxygen atoms in total. The topological polar surface area (TPSA) is 204 Å². The number of carboxylic acid groups (broad SMARTS) is 3. The number of carboxylic acids is 3. The molecule has 0 bridgehead atoms. The molecule has 4 rings (SSSR count). The van der Waals surface area contributed by atoms with Crippen molar-refractivity contribution in [3.63, 3.8) is 0 Å². The summed E-state index contributed by atoms with van der Waals surface area (Å²) in [6, 6.07) is 18.2. The molecule has 0 saturated carbocycles. The van der Waals surface area contributed by atoms with Gasteiger partial charge in [-0.15, -0.1) is 0 Å². The molecule has 204 valence electrons. The summed E-state index contributed by atoms with van der Waals surface area (Å²) in [6.45, 7) is 3.44. The maximum Gasteiger partial charge on any atom is 0.358 e. The Morgan fingerprint density at radius 1 is 0.692 bits per heavy atom. The lowest BCUT2D eigenvalue weighted by atomic mass is 10.1. The van der Waals surface area contributed by atoms with Gasteiger partial charge in [-0.25, -0.2) is 19.6 Å². The molecule has 5 N–H and O–H groups in total. The molecular weight excluding hydrogens is 508 g/mol. The van der Waals surface area contributed by atoms with Crippen molar-refractivity contribution >= 4 is 17.9 Å². The highest BCUT2D eigenvalue weighted by Gasteiger charge is 2.15. The fourth-order valence-electron chi connectivity index (χ4n) is 2.43. The number of hydrogen-bond acceptors (Lipinski definition) is 9. The van der Waals surface area contributed by atoms with Crippen LogP contribution >= 0.6 is 0 Å². The third kappa shape index (κ3) is 13.6. The predicted octanol–water partition coefficient (Wildman–Crippen LogP) is 3.28. The molecule has 0 aliphatic rings. The summed E-state index contributed by atoms with van der Waals surface area (Å²) < 4.78 is 0. The number of hydrogen-bond donors (Lipinski definition) is 5. The number of carbonyl (C=O) groups is 3. The number of nitrogens with zero attached hydrogens (tertiary/aromatic N) is 4. The molecule has 0 aliphatic carbocycles. The average molecular weight is 537 g/mol. The van der Waals surface area contributed by atoms with Gasteiger partial charge in [-0.2, -0.15) is 0 Å². The average Bonchev–Trinajstić information content (AvgIpc) is 2.91. The third-order valence-corrected chi connectivity index (χ3v) is 4.22. The van der Waals surface area contributed by atoms with Gasteiger partial charge < -0.3 is 25.5 Å². The Labute approximate surface area is 224 Å². The lowest BCUT2D eigenvalue weighted by Gasteiger charge is -2.15. The Bertz CT molecular complexity index is 1300. The maximum atomic E-state index is 10.2. The van der Waals surface area contributed by atoms with E-state index in [1.807, 2.05) is 12.1 Å². The van der Waals surface area contributed by atoms with Crippen molar-refractivity contribution in [2.24, 2.45) is 0 Å². The zero-order valence-corrected chi connectivity index (χ0v) is 21.1. The van der Waals surface area contributed by atoms with Crippen LogP contribution in [-0.2, 0) is 16.8 Å². The van der Waals surface area contributed by atoms with Gasteiger partial charge >= 0.3 is 17.9 Å². The first-order valence-electron chi connectivity index (χ1n) is 11.2. The van der Waals surface area contributed by atoms with Crippen LogP contribution in [0, 0.1) is 0 Å². The Morgan fingerprint density at radius 3 is 1.59 bits per heavy atom. The monoisotopic (exact) mass is 536 g/mol. The summed E-state index contributed by atoms with van der Waals surface area (Å²) in [5.74, 6) is -3.37. The highest BCUT2D eigenvalue weighted by molar-refractivity contribution is 5.88. The number of aliphatic hydroxyl groups is 1. The van der Waals surface area contributed by atoms with Gasteiger partial charge in [-0.1, -0.05) is 18.2 Å². The van der Waals surface area contributed by atoms with Gasteiger partial charge in [0.1, 0.15) is 17.0 Å². The minimum absolute atomic E-state index is 0.000833. The van der Waals surface area contributed by atoms with Crippen molar-refractivity contribution in [1.82, 2.24) is 19.9 Å². The molecule has 12 heteroatoms. The fraction of sp³-hybridized carbons (Fsp3) is 0.148. The highest BCUT2D eigenvalue weighted by Crippen LogP contribution is 2.15. The lowest BCUT2D eigenvalue weighted by Crippen LogP contribution is -2.16. The van der Waals surface area contributed by atoms with E-state index >= 15 is 0 Å². The van der Waals surface area contributed by atoms with Crippen LogP contribution < -0.4 is 0 Å². The van der Waals surface area contributed by atoms with Crippen molar-refractivity contribution < 1.29 is 39.9 Å². The molecule has 0 radical (unpaired) electrons. The molecule has 0 aliphatic heterocycles. The van der Waals surface area contributed by atoms with Gasteiger partial charge in [-0.3, -0.25) is 14.8 Å². The summed E-state index contributed by atoms with van der Waals surface area (Å²) in [4.78, 5) is 45.3. The van der Waals surface area contributed by atoms with Crippen LogP contribution in [0.3, 0.4) is 0 Å². The minimum Gasteiger partial charge on any atom is -0.505 e. The van der Waals surface area contributed by atoms with Crippen LogP contribution in [0.2, 0.25) is 0 Å². The Morgan fingerprint density at radius 2 is 1.26 bits per heavy atom. The zero-order chi connectivity index (χ0) is 29.3. The lowest BCUT2D eigenvalue weighted by molar-refractivity contribution is -0.136. The molecule has 0 saturated heterocycles. The maximum absolute atomic E-state index is 10.2. The van der Waals surface area contributed by atoms with E-state index in [2.05, 4.69) is 19.9 Å². The summed E-state index contributed by atoms with van der Waals surface area (Å²) in [7, 11) is 0. The molecular formula is C27H28N4O8. The summed E-state index contributed by atoms with van der Waals surface area (Å²) in [5, 5.41) is 43.3. The van der Waals surface area contributed by atoms with Gasteiger partial charge in [0.2, 0.25) is 0 Å². The summed E-state index contributed by atoms with van der Waals surface area (Å²) >= 11 is 0. The smallest absolute Gasteiger partial charge is 0.358 e. The van der Waals surface area contributed by atoms with Crippen molar-refractivity contribution in [3.8, 4) is 5.75 Å². The van der Waals surface area contributed by atoms with E-state index in [1.54, 1.807) is 62.6 Å². The molecule has 0 aromatic carbocycles. The predicted molar refractivity (Wildman–Crippen MR) is 139 cm³/mol. The molecule has 4 aromatic heterocycles. The molecule has 0 fully saturated rings. The highest BCUT2D eigenvalue weighted by atomic mass is 16.4. The van der Waals surface area contributed by atoms with Crippen LogP contribution in [-0.4, -0.2) is 63.4 Å². The molecule has 0 spiro atoms. The van der Waals surface area contributed by atoms with Crippen LogP contribution in [0.1, 0.15) is 46.2 Å². The first-order valence-corrected chi connectivity index (χ1v) is 11.2. The van der Waals surface area contributed by atoms with Crippen molar-refractivity contribution in [2.45, 2.75) is 25.9 Å². The number of aromatic nitrogens is 4. The van der Waals surface area contributed by atoms with E-state index in [0.717, 1.165) is 0 Å². The second kappa shape index (κ2) is 16.5. The quantitative estimate of drug-likeness (QED) is 0.249. The van der Waals surface area contributed by atoms with E-state index in [1.165, 1.54) is 30.6 Å². The van der Waals surface area contributed by atoms with E-state index in [-0.39, 0.29) is 23.6 Å². The zero-order valence-electron chi connectivity index (χ0n) is 21.1. The number of aromatic hydroxyl groups is 1. The normalized spacial score (nSPS) is 9.72. The Balaban J connectivity index is 0.000000260. The largest absolute Gasteiger partial charge is 0.505 e. The third-order valence-electron chi connectivity index (χ3n) is 4.22. The van der Waals surface area contributed by atoms with Crippen LogP contribution in [0.25, 0.3) is 0 Å². The second-order valence-electron chi connectivity index (χ2n) is 7.86. The van der Waals surface area contributed by atoms with Crippen molar-refractivity contribution in [3.05, 3.63) is 114 Å². The first kappa shape index (κ1) is 31.8. The van der Waals surface area contributed by atoms with Crippen molar-refractivity contribution in [1.29, 1.82) is 0 Å². The first-order chi connectivity index (χ1) is 18.4. The number of aromatic carboxylic acids is 2. The number of rotatable bonds is 5. The summed E-state index contributed by atoms with van der Waals surface area (Å²) in [6.07, 6.45) is 6.01. The van der Waals surface area contributed by atoms with Gasteiger partial charge in [0.15, 0.2) is 5.69 Å². The molecule has 0 atom stereocenters. The molecule has 4 heterocycles. The van der Waals surface area contributed by atoms with E-state index in [0.29, 0.717) is 11.4 Å². The molecule has 39 heavy (non-hydrogen) atoms. The standard InChI is InChI=1S/C8H11NO.C7H7NO2.C6H5NO3.C6H5NO2/c1-8(2,10)7-5-3-4-6-9-7;9-7(10)5-6-3-1-2-4-8-6;8-4-2-1-3-7-5(4)6(9)10;8-6(9)5-3-1-2-4-7-5/h3-6,10H,1-2H3;1-4H,5H2,(H,9,10);1-3,8H,(H,9,10);1-4H,(H,8,9). The van der Waals surface area contributed by atoms with Gasteiger partial charge in [-0.05, 0) is 62.4 Å². The second-order valence-corrected chi connectivity index (χ2v) is 7.86.